The fourth-order valence-electron chi connectivity index (χ4n) is 2.23. The molecule has 2 amide bonds. The number of benzene rings is 2. The Balaban J connectivity index is 1.80. The van der Waals surface area contributed by atoms with Gasteiger partial charge >= 0.3 is 0 Å². The van der Waals surface area contributed by atoms with Crippen molar-refractivity contribution in [2.45, 2.75) is 17.9 Å². The zero-order valence-electron chi connectivity index (χ0n) is 14.9. The Labute approximate surface area is 167 Å². The molecule has 2 aromatic carbocycles. The predicted octanol–water partition coefficient (Wildman–Crippen LogP) is 1.69. The molecule has 0 saturated heterocycles. The number of carbonyl (C=O) groups is 2. The average Bonchev–Trinajstić information content (AvgIpc) is 2.65. The molecule has 2 aromatic rings. The van der Waals surface area contributed by atoms with E-state index in [9.17, 15) is 22.4 Å². The molecule has 0 bridgehead atoms. The van der Waals surface area contributed by atoms with Crippen molar-refractivity contribution in [1.29, 1.82) is 0 Å². The van der Waals surface area contributed by atoms with Crippen LogP contribution in [0.15, 0.2) is 53.4 Å². The Hall–Kier alpha value is -2.49. The van der Waals surface area contributed by atoms with Crippen molar-refractivity contribution in [3.8, 4) is 0 Å². The Morgan fingerprint density at radius 2 is 1.64 bits per heavy atom. The van der Waals surface area contributed by atoms with Crippen LogP contribution < -0.4 is 15.4 Å². The summed E-state index contributed by atoms with van der Waals surface area (Å²) in [7, 11) is -4.19. The second-order valence-corrected chi connectivity index (χ2v) is 7.95. The molecule has 0 spiro atoms. The predicted molar refractivity (Wildman–Crippen MR) is 103 cm³/mol. The van der Waals surface area contributed by atoms with E-state index >= 15 is 0 Å². The maximum Gasteiger partial charge on any atom is 0.251 e. The Bertz CT molecular complexity index is 952. The third kappa shape index (κ3) is 6.01. The molecule has 2 rings (SSSR count). The van der Waals surface area contributed by atoms with Gasteiger partial charge in [0.25, 0.3) is 5.91 Å². The number of sulfonamides is 1. The summed E-state index contributed by atoms with van der Waals surface area (Å²) in [5.41, 5.74) is 0.418. The molecule has 0 aliphatic heterocycles. The minimum absolute atomic E-state index is 0.0872. The Morgan fingerprint density at radius 1 is 1.04 bits per heavy atom. The summed E-state index contributed by atoms with van der Waals surface area (Å²) in [6, 6.07) is 10.0. The van der Waals surface area contributed by atoms with Gasteiger partial charge in [-0.25, -0.2) is 12.8 Å². The largest absolute Gasteiger partial charge is 0.353 e. The van der Waals surface area contributed by atoms with Crippen LogP contribution in [0.4, 0.5) is 4.39 Å². The molecule has 28 heavy (non-hydrogen) atoms. The third-order valence-electron chi connectivity index (χ3n) is 3.67. The van der Waals surface area contributed by atoms with E-state index in [1.54, 1.807) is 24.3 Å². The van der Waals surface area contributed by atoms with Gasteiger partial charge in [0.15, 0.2) is 0 Å². The van der Waals surface area contributed by atoms with E-state index in [1.165, 1.54) is 19.1 Å². The highest BCUT2D eigenvalue weighted by molar-refractivity contribution is 7.89. The minimum atomic E-state index is -4.19. The molecule has 0 aliphatic carbocycles. The molecule has 0 saturated carbocycles. The van der Waals surface area contributed by atoms with E-state index in [4.69, 9.17) is 11.6 Å². The molecule has 0 aromatic heterocycles. The molecule has 1 atom stereocenters. The van der Waals surface area contributed by atoms with E-state index in [0.29, 0.717) is 10.6 Å². The first-order chi connectivity index (χ1) is 13.2. The van der Waals surface area contributed by atoms with E-state index in [1.807, 2.05) is 0 Å². The lowest BCUT2D eigenvalue weighted by molar-refractivity contribution is -0.122. The Morgan fingerprint density at radius 3 is 2.29 bits per heavy atom. The maximum atomic E-state index is 13.7. The number of nitrogens with one attached hydrogen (secondary N) is 3. The highest BCUT2D eigenvalue weighted by Crippen LogP contribution is 2.13. The van der Waals surface area contributed by atoms with Crippen LogP contribution in [-0.2, 0) is 14.8 Å². The van der Waals surface area contributed by atoms with Gasteiger partial charge in [-0.1, -0.05) is 23.7 Å². The second kappa shape index (κ2) is 9.63. The lowest BCUT2D eigenvalue weighted by Gasteiger charge is -2.15. The first-order valence-electron chi connectivity index (χ1n) is 8.29. The van der Waals surface area contributed by atoms with Crippen molar-refractivity contribution in [2.75, 3.05) is 13.1 Å². The number of rotatable bonds is 8. The molecule has 0 aliphatic rings. The zero-order chi connectivity index (χ0) is 20.7. The molecule has 10 heteroatoms. The van der Waals surface area contributed by atoms with Crippen molar-refractivity contribution in [2.24, 2.45) is 0 Å². The normalized spacial score (nSPS) is 12.2. The highest BCUT2D eigenvalue weighted by Gasteiger charge is 2.24. The van der Waals surface area contributed by atoms with Gasteiger partial charge in [0.1, 0.15) is 10.7 Å². The summed E-state index contributed by atoms with van der Waals surface area (Å²) in [6.07, 6.45) is 0. The topological polar surface area (TPSA) is 104 Å². The van der Waals surface area contributed by atoms with Gasteiger partial charge in [0, 0.05) is 23.7 Å². The second-order valence-electron chi connectivity index (χ2n) is 5.83. The number of amides is 2. The van der Waals surface area contributed by atoms with Crippen LogP contribution in [-0.4, -0.2) is 39.4 Å². The standard InChI is InChI=1S/C18H19ClFN3O4S/c1-12(23-28(26,27)16-5-3-2-4-15(16)20)17(24)21-10-11-22-18(25)13-6-8-14(19)9-7-13/h2-9,12,23H,10-11H2,1H3,(H,21,24)(H,22,25)/t12-/m0/s1. The average molecular weight is 428 g/mol. The summed E-state index contributed by atoms with van der Waals surface area (Å²) in [5.74, 6) is -1.85. The maximum absolute atomic E-state index is 13.7. The number of halogens is 2. The van der Waals surface area contributed by atoms with Crippen LogP contribution in [0, 0.1) is 5.82 Å². The van der Waals surface area contributed by atoms with Gasteiger partial charge in [-0.2, -0.15) is 4.72 Å². The molecule has 0 heterocycles. The van der Waals surface area contributed by atoms with Crippen LogP contribution in [0.1, 0.15) is 17.3 Å². The van der Waals surface area contributed by atoms with Crippen molar-refractivity contribution in [3.63, 3.8) is 0 Å². The van der Waals surface area contributed by atoms with Crippen LogP contribution in [0.25, 0.3) is 0 Å². The lowest BCUT2D eigenvalue weighted by Crippen LogP contribution is -2.46. The van der Waals surface area contributed by atoms with Gasteiger partial charge in [0.05, 0.1) is 6.04 Å². The molecule has 3 N–H and O–H groups in total. The fraction of sp³-hybridized carbons (Fsp3) is 0.222. The van der Waals surface area contributed by atoms with Crippen molar-refractivity contribution in [1.82, 2.24) is 15.4 Å². The van der Waals surface area contributed by atoms with Crippen LogP contribution in [0.3, 0.4) is 0 Å². The molecule has 0 unspecified atom stereocenters. The van der Waals surface area contributed by atoms with E-state index in [-0.39, 0.29) is 19.0 Å². The quantitative estimate of drug-likeness (QED) is 0.557. The Kier molecular flexibility index (Phi) is 7.50. The van der Waals surface area contributed by atoms with Crippen molar-refractivity contribution < 1.29 is 22.4 Å². The molecular weight excluding hydrogens is 409 g/mol. The number of hydrogen-bond donors (Lipinski definition) is 3. The molecule has 0 fully saturated rings. The highest BCUT2D eigenvalue weighted by atomic mass is 35.5. The summed E-state index contributed by atoms with van der Waals surface area (Å²) < 4.78 is 40.1. The summed E-state index contributed by atoms with van der Waals surface area (Å²) in [6.45, 7) is 1.56. The first-order valence-corrected chi connectivity index (χ1v) is 10.1. The van der Waals surface area contributed by atoms with Gasteiger partial charge < -0.3 is 10.6 Å². The van der Waals surface area contributed by atoms with Crippen LogP contribution >= 0.6 is 11.6 Å². The van der Waals surface area contributed by atoms with E-state index < -0.39 is 32.7 Å². The van der Waals surface area contributed by atoms with Crippen LogP contribution in [0.5, 0.6) is 0 Å². The SMILES string of the molecule is C[C@H](NS(=O)(=O)c1ccccc1F)C(=O)NCCNC(=O)c1ccc(Cl)cc1. The van der Waals surface area contributed by atoms with Crippen molar-refractivity contribution >= 4 is 33.4 Å². The fourth-order valence-corrected chi connectivity index (χ4v) is 3.64. The summed E-state index contributed by atoms with van der Waals surface area (Å²) in [5, 5.41) is 5.61. The first kappa shape index (κ1) is 21.8. The summed E-state index contributed by atoms with van der Waals surface area (Å²) >= 11 is 5.75. The van der Waals surface area contributed by atoms with E-state index in [0.717, 1.165) is 12.1 Å². The van der Waals surface area contributed by atoms with Gasteiger partial charge in [-0.15, -0.1) is 0 Å². The number of carbonyl (C=O) groups excluding carboxylic acids is 2. The smallest absolute Gasteiger partial charge is 0.251 e. The van der Waals surface area contributed by atoms with E-state index in [2.05, 4.69) is 15.4 Å². The monoisotopic (exact) mass is 427 g/mol. The molecule has 150 valence electrons. The molecular formula is C18H19ClFN3O4S. The minimum Gasteiger partial charge on any atom is -0.353 e. The summed E-state index contributed by atoms with van der Waals surface area (Å²) in [4.78, 5) is 23.4. The third-order valence-corrected chi connectivity index (χ3v) is 5.49. The zero-order valence-corrected chi connectivity index (χ0v) is 16.5. The molecule has 0 radical (unpaired) electrons. The van der Waals surface area contributed by atoms with Crippen molar-refractivity contribution in [3.05, 3.63) is 64.9 Å². The van der Waals surface area contributed by atoms with Crippen LogP contribution in [0.2, 0.25) is 5.02 Å². The molecule has 7 nitrogen and oxygen atoms in total. The van der Waals surface area contributed by atoms with Gasteiger partial charge in [-0.05, 0) is 43.3 Å². The van der Waals surface area contributed by atoms with Gasteiger partial charge in [0.2, 0.25) is 15.9 Å². The van der Waals surface area contributed by atoms with Gasteiger partial charge in [-0.3, -0.25) is 9.59 Å². The lowest BCUT2D eigenvalue weighted by atomic mass is 10.2. The number of hydrogen-bond acceptors (Lipinski definition) is 4.